The lowest BCUT2D eigenvalue weighted by Crippen LogP contribution is -2.45. The molecule has 200 valence electrons. The van der Waals surface area contributed by atoms with Crippen LogP contribution in [0.2, 0.25) is 0 Å². The topological polar surface area (TPSA) is 102 Å². The highest BCUT2D eigenvalue weighted by Crippen LogP contribution is 2.46. The van der Waals surface area contributed by atoms with Gasteiger partial charge >= 0.3 is 12.1 Å². The van der Waals surface area contributed by atoms with Crippen molar-refractivity contribution in [2.75, 3.05) is 13.2 Å². The van der Waals surface area contributed by atoms with Crippen molar-refractivity contribution in [2.45, 2.75) is 70.1 Å². The summed E-state index contributed by atoms with van der Waals surface area (Å²) in [5.41, 5.74) is 4.28. The highest BCUT2D eigenvalue weighted by Gasteiger charge is 2.45. The predicted molar refractivity (Wildman–Crippen MR) is 137 cm³/mol. The van der Waals surface area contributed by atoms with Crippen LogP contribution < -0.4 is 0 Å². The zero-order valence-corrected chi connectivity index (χ0v) is 21.8. The standard InChI is InChI=1S/C29H32N2O7/c1-29(2,3)37-18-16-24(27(34)38-31-25(32)12-13-26(31)33)30(17-18)28(35)36-15-14-23-21-10-6-4-8-19(21)20-9-5-7-11-22(20)23/h4-11,18,23-24H,12-17H2,1-3H3/t18-,24+/m1/s1. The van der Waals surface area contributed by atoms with Crippen LogP contribution in [0, 0.1) is 0 Å². The van der Waals surface area contributed by atoms with Crippen LogP contribution in [0.15, 0.2) is 48.5 Å². The van der Waals surface area contributed by atoms with Gasteiger partial charge in [0.25, 0.3) is 11.8 Å². The van der Waals surface area contributed by atoms with Crippen molar-refractivity contribution in [3.63, 3.8) is 0 Å². The van der Waals surface area contributed by atoms with Gasteiger partial charge in [0.05, 0.1) is 24.9 Å². The number of imide groups is 1. The SMILES string of the molecule is CC(C)(C)O[C@@H]1C[C@@H](C(=O)ON2C(=O)CCC2=O)N(C(=O)OCCC2c3ccccc3-c3ccccc32)C1. The van der Waals surface area contributed by atoms with Crippen LogP contribution in [0.5, 0.6) is 0 Å². The maximum absolute atomic E-state index is 13.2. The third kappa shape index (κ3) is 5.15. The number of ether oxygens (including phenoxy) is 2. The summed E-state index contributed by atoms with van der Waals surface area (Å²) in [7, 11) is 0. The first-order valence-corrected chi connectivity index (χ1v) is 13.0. The lowest BCUT2D eigenvalue weighted by atomic mass is 9.94. The fourth-order valence-corrected chi connectivity index (χ4v) is 5.53. The summed E-state index contributed by atoms with van der Waals surface area (Å²) in [5, 5.41) is 0.499. The Morgan fingerprint density at radius 1 is 0.921 bits per heavy atom. The van der Waals surface area contributed by atoms with Crippen LogP contribution in [-0.4, -0.2) is 64.7 Å². The zero-order valence-electron chi connectivity index (χ0n) is 21.8. The molecule has 2 heterocycles. The molecule has 0 unspecified atom stereocenters. The Bertz CT molecular complexity index is 1210. The second kappa shape index (κ2) is 10.2. The summed E-state index contributed by atoms with van der Waals surface area (Å²) in [5.74, 6) is -1.91. The molecule has 1 aliphatic carbocycles. The number of likely N-dealkylation sites (tertiary alicyclic amines) is 1. The summed E-state index contributed by atoms with van der Waals surface area (Å²) < 4.78 is 11.7. The van der Waals surface area contributed by atoms with Gasteiger partial charge in [-0.05, 0) is 49.4 Å². The van der Waals surface area contributed by atoms with E-state index in [1.54, 1.807) is 0 Å². The van der Waals surface area contributed by atoms with Crippen LogP contribution in [-0.2, 0) is 28.7 Å². The number of carbonyl (C=O) groups is 4. The number of rotatable bonds is 6. The summed E-state index contributed by atoms with van der Waals surface area (Å²) in [4.78, 5) is 56.5. The maximum Gasteiger partial charge on any atom is 0.410 e. The van der Waals surface area contributed by atoms with Gasteiger partial charge in [-0.1, -0.05) is 48.5 Å². The minimum atomic E-state index is -1.04. The van der Waals surface area contributed by atoms with Gasteiger partial charge in [0, 0.05) is 25.2 Å². The van der Waals surface area contributed by atoms with Crippen LogP contribution in [0.3, 0.4) is 0 Å². The molecule has 2 atom stereocenters. The highest BCUT2D eigenvalue weighted by molar-refractivity contribution is 6.02. The van der Waals surface area contributed by atoms with E-state index in [-0.39, 0.29) is 38.3 Å². The Morgan fingerprint density at radius 2 is 1.50 bits per heavy atom. The van der Waals surface area contributed by atoms with E-state index in [0.29, 0.717) is 11.5 Å². The normalized spacial score (nSPS) is 21.0. The number of benzene rings is 2. The fraction of sp³-hybridized carbons (Fsp3) is 0.448. The molecular formula is C29H32N2O7. The first kappa shape index (κ1) is 25.9. The monoisotopic (exact) mass is 520 g/mol. The van der Waals surface area contributed by atoms with Gasteiger partial charge in [-0.3, -0.25) is 14.5 Å². The van der Waals surface area contributed by atoms with Gasteiger partial charge in [-0.2, -0.15) is 0 Å². The first-order chi connectivity index (χ1) is 18.1. The summed E-state index contributed by atoms with van der Waals surface area (Å²) >= 11 is 0. The Morgan fingerprint density at radius 3 is 2.08 bits per heavy atom. The van der Waals surface area contributed by atoms with E-state index < -0.39 is 41.6 Å². The minimum absolute atomic E-state index is 0.00821. The number of hydrogen-bond acceptors (Lipinski definition) is 7. The molecule has 0 radical (unpaired) electrons. The van der Waals surface area contributed by atoms with E-state index >= 15 is 0 Å². The molecule has 2 aromatic rings. The molecule has 38 heavy (non-hydrogen) atoms. The largest absolute Gasteiger partial charge is 0.449 e. The zero-order chi connectivity index (χ0) is 27.0. The molecule has 9 heteroatoms. The minimum Gasteiger partial charge on any atom is -0.449 e. The molecule has 2 saturated heterocycles. The van der Waals surface area contributed by atoms with Crippen LogP contribution in [0.1, 0.15) is 63.5 Å². The molecular weight excluding hydrogens is 488 g/mol. The number of amides is 3. The molecule has 3 amide bonds. The molecule has 0 N–H and O–H groups in total. The van der Waals surface area contributed by atoms with E-state index in [9.17, 15) is 19.2 Å². The number of fused-ring (bicyclic) bond motifs is 3. The lowest BCUT2D eigenvalue weighted by Gasteiger charge is -2.25. The molecule has 2 aliphatic heterocycles. The highest BCUT2D eigenvalue weighted by atomic mass is 16.7. The van der Waals surface area contributed by atoms with E-state index in [1.807, 2.05) is 45.0 Å². The van der Waals surface area contributed by atoms with Crippen LogP contribution >= 0.6 is 0 Å². The van der Waals surface area contributed by atoms with Crippen molar-refractivity contribution < 1.29 is 33.5 Å². The smallest absolute Gasteiger partial charge is 0.410 e. The molecule has 5 rings (SSSR count). The van der Waals surface area contributed by atoms with Crippen molar-refractivity contribution in [3.8, 4) is 11.1 Å². The summed E-state index contributed by atoms with van der Waals surface area (Å²) in [6.45, 7) is 5.95. The second-order valence-electron chi connectivity index (χ2n) is 10.9. The number of hydroxylamine groups is 2. The molecule has 3 aliphatic rings. The molecule has 2 aromatic carbocycles. The van der Waals surface area contributed by atoms with Gasteiger partial charge in [0.15, 0.2) is 0 Å². The van der Waals surface area contributed by atoms with Crippen molar-refractivity contribution in [1.29, 1.82) is 0 Å². The molecule has 0 saturated carbocycles. The predicted octanol–water partition coefficient (Wildman–Crippen LogP) is 4.19. The molecule has 0 aromatic heterocycles. The van der Waals surface area contributed by atoms with Gasteiger partial charge in [0.1, 0.15) is 6.04 Å². The third-order valence-corrected chi connectivity index (χ3v) is 7.07. The Hall–Kier alpha value is -3.72. The van der Waals surface area contributed by atoms with Crippen LogP contribution in [0.25, 0.3) is 11.1 Å². The average Bonchev–Trinajstić information content (AvgIpc) is 3.53. The fourth-order valence-electron chi connectivity index (χ4n) is 5.53. The lowest BCUT2D eigenvalue weighted by molar-refractivity contribution is -0.200. The quantitative estimate of drug-likeness (QED) is 0.526. The van der Waals surface area contributed by atoms with E-state index in [4.69, 9.17) is 14.3 Å². The molecule has 0 bridgehead atoms. The number of nitrogens with zero attached hydrogens (tertiary/aromatic N) is 2. The molecule has 0 spiro atoms. The summed E-state index contributed by atoms with van der Waals surface area (Å²) in [6.07, 6.45) is -0.354. The van der Waals surface area contributed by atoms with E-state index in [2.05, 4.69) is 24.3 Å². The molecule has 2 fully saturated rings. The maximum atomic E-state index is 13.2. The van der Waals surface area contributed by atoms with Gasteiger partial charge in [-0.15, -0.1) is 5.06 Å². The second-order valence-corrected chi connectivity index (χ2v) is 10.9. The van der Waals surface area contributed by atoms with Gasteiger partial charge in [0.2, 0.25) is 0 Å². The van der Waals surface area contributed by atoms with Crippen LogP contribution in [0.4, 0.5) is 4.79 Å². The number of carbonyl (C=O) groups excluding carboxylic acids is 4. The third-order valence-electron chi connectivity index (χ3n) is 7.07. The van der Waals surface area contributed by atoms with E-state index in [1.165, 1.54) is 27.2 Å². The Balaban J connectivity index is 1.26. The van der Waals surface area contributed by atoms with Gasteiger partial charge < -0.3 is 14.3 Å². The van der Waals surface area contributed by atoms with Crippen molar-refractivity contribution in [1.82, 2.24) is 9.96 Å². The van der Waals surface area contributed by atoms with Crippen molar-refractivity contribution in [3.05, 3.63) is 59.7 Å². The number of hydrogen-bond donors (Lipinski definition) is 0. The average molecular weight is 521 g/mol. The van der Waals surface area contributed by atoms with Crippen molar-refractivity contribution >= 4 is 23.9 Å². The molecule has 9 nitrogen and oxygen atoms in total. The Labute approximate surface area is 221 Å². The first-order valence-electron chi connectivity index (χ1n) is 13.0. The van der Waals surface area contributed by atoms with Crippen molar-refractivity contribution in [2.24, 2.45) is 0 Å². The van der Waals surface area contributed by atoms with E-state index in [0.717, 1.165) is 0 Å². The summed E-state index contributed by atoms with van der Waals surface area (Å²) in [6, 6.07) is 15.4. The Kier molecular flexibility index (Phi) is 6.96. The van der Waals surface area contributed by atoms with Gasteiger partial charge in [-0.25, -0.2) is 9.59 Å².